The molecule has 1 saturated carbocycles. The van der Waals surface area contributed by atoms with Crippen LogP contribution in [0, 0.1) is 5.92 Å². The molecule has 2 saturated heterocycles. The van der Waals surface area contributed by atoms with Gasteiger partial charge in [0.05, 0.1) is 11.2 Å². The SMILES string of the molecule is CN(C)[C@]1(c2ccccc2)CC[C@@]2(CN(CC(=O)Nc3ccccn3)C(=O)N2)CN1CC1CCC1. The van der Waals surface area contributed by atoms with E-state index in [9.17, 15) is 9.59 Å². The predicted molar refractivity (Wildman–Crippen MR) is 136 cm³/mol. The summed E-state index contributed by atoms with van der Waals surface area (Å²) < 4.78 is 0. The largest absolute Gasteiger partial charge is 0.329 e. The molecule has 3 aliphatic rings. The van der Waals surface area contributed by atoms with Crippen LogP contribution in [0.4, 0.5) is 10.6 Å². The van der Waals surface area contributed by atoms with E-state index in [4.69, 9.17) is 0 Å². The highest BCUT2D eigenvalue weighted by Crippen LogP contribution is 2.45. The number of anilines is 1. The highest BCUT2D eigenvalue weighted by atomic mass is 16.2. The molecule has 0 radical (unpaired) electrons. The fraction of sp³-hybridized carbons (Fsp3) is 0.519. The number of hydrogen-bond donors (Lipinski definition) is 2. The second-order valence-corrected chi connectivity index (χ2v) is 10.6. The van der Waals surface area contributed by atoms with Crippen LogP contribution in [0.25, 0.3) is 0 Å². The Morgan fingerprint density at radius 3 is 2.54 bits per heavy atom. The Bertz CT molecular complexity index is 1040. The summed E-state index contributed by atoms with van der Waals surface area (Å²) in [6.45, 7) is 2.33. The monoisotopic (exact) mass is 476 g/mol. The smallest absolute Gasteiger partial charge is 0.318 e. The van der Waals surface area contributed by atoms with Crippen molar-refractivity contribution in [3.63, 3.8) is 0 Å². The lowest BCUT2D eigenvalue weighted by molar-refractivity contribution is -0.117. The van der Waals surface area contributed by atoms with Crippen molar-refractivity contribution in [1.29, 1.82) is 0 Å². The van der Waals surface area contributed by atoms with Gasteiger partial charge in [-0.3, -0.25) is 14.6 Å². The van der Waals surface area contributed by atoms with Crippen LogP contribution in [0.3, 0.4) is 0 Å². The normalized spacial score (nSPS) is 27.2. The molecule has 8 nitrogen and oxygen atoms in total. The maximum atomic E-state index is 13.0. The average Bonchev–Trinajstić information content (AvgIpc) is 3.11. The highest BCUT2D eigenvalue weighted by Gasteiger charge is 2.54. The number of carbonyl (C=O) groups excluding carboxylic acids is 2. The third-order valence-corrected chi connectivity index (χ3v) is 8.07. The van der Waals surface area contributed by atoms with Gasteiger partial charge >= 0.3 is 6.03 Å². The van der Waals surface area contributed by atoms with Gasteiger partial charge in [0.25, 0.3) is 0 Å². The van der Waals surface area contributed by atoms with Gasteiger partial charge in [0, 0.05) is 25.8 Å². The summed E-state index contributed by atoms with van der Waals surface area (Å²) in [4.78, 5) is 36.4. The van der Waals surface area contributed by atoms with Crippen LogP contribution in [-0.2, 0) is 10.5 Å². The van der Waals surface area contributed by atoms with Crippen LogP contribution < -0.4 is 10.6 Å². The van der Waals surface area contributed by atoms with Gasteiger partial charge in [0.15, 0.2) is 0 Å². The van der Waals surface area contributed by atoms with Crippen LogP contribution >= 0.6 is 0 Å². The van der Waals surface area contributed by atoms with Crippen LogP contribution in [0.2, 0.25) is 0 Å². The first-order valence-electron chi connectivity index (χ1n) is 12.7. The molecule has 35 heavy (non-hydrogen) atoms. The first kappa shape index (κ1) is 23.8. The van der Waals surface area contributed by atoms with E-state index in [0.717, 1.165) is 25.9 Å². The number of carbonyl (C=O) groups is 2. The first-order valence-corrected chi connectivity index (χ1v) is 12.7. The van der Waals surface area contributed by atoms with E-state index in [2.05, 4.69) is 69.8 Å². The number of rotatable bonds is 7. The van der Waals surface area contributed by atoms with Crippen molar-refractivity contribution in [3.8, 4) is 0 Å². The number of nitrogens with one attached hydrogen (secondary N) is 2. The lowest BCUT2D eigenvalue weighted by Gasteiger charge is -2.57. The number of nitrogens with zero attached hydrogens (tertiary/aromatic N) is 4. The summed E-state index contributed by atoms with van der Waals surface area (Å²) in [5.41, 5.74) is 0.729. The Kier molecular flexibility index (Phi) is 6.51. The highest BCUT2D eigenvalue weighted by molar-refractivity contribution is 5.94. The average molecular weight is 477 g/mol. The van der Waals surface area contributed by atoms with Crippen molar-refractivity contribution in [1.82, 2.24) is 25.0 Å². The molecule has 2 aromatic rings. The minimum absolute atomic E-state index is 0.0181. The van der Waals surface area contributed by atoms with Crippen LogP contribution in [0.15, 0.2) is 54.7 Å². The van der Waals surface area contributed by atoms with Gasteiger partial charge in [0.2, 0.25) is 5.91 Å². The number of benzene rings is 1. The van der Waals surface area contributed by atoms with E-state index >= 15 is 0 Å². The number of hydrogen-bond acceptors (Lipinski definition) is 5. The van der Waals surface area contributed by atoms with Gasteiger partial charge in [-0.25, -0.2) is 9.78 Å². The molecule has 2 aliphatic heterocycles. The molecule has 0 unspecified atom stereocenters. The number of piperidine rings is 1. The Hall–Kier alpha value is -2.97. The summed E-state index contributed by atoms with van der Waals surface area (Å²) in [5.74, 6) is 0.963. The van der Waals surface area contributed by atoms with E-state index < -0.39 is 0 Å². The Morgan fingerprint density at radius 2 is 1.89 bits per heavy atom. The summed E-state index contributed by atoms with van der Waals surface area (Å²) in [6.07, 6.45) is 7.24. The number of aromatic nitrogens is 1. The zero-order chi connectivity index (χ0) is 24.5. The van der Waals surface area contributed by atoms with Gasteiger partial charge < -0.3 is 15.5 Å². The molecule has 1 spiro atoms. The summed E-state index contributed by atoms with van der Waals surface area (Å²) in [7, 11) is 4.33. The maximum absolute atomic E-state index is 13.0. The Balaban J connectivity index is 1.34. The number of pyridine rings is 1. The Labute approximate surface area is 207 Å². The van der Waals surface area contributed by atoms with Crippen LogP contribution in [-0.4, -0.2) is 77.4 Å². The topological polar surface area (TPSA) is 80.8 Å². The molecular weight excluding hydrogens is 440 g/mol. The molecule has 5 rings (SSSR count). The molecule has 2 N–H and O–H groups in total. The summed E-state index contributed by atoms with van der Waals surface area (Å²) in [5, 5.41) is 6.08. The van der Waals surface area contributed by atoms with E-state index in [1.54, 1.807) is 23.2 Å². The fourth-order valence-electron chi connectivity index (χ4n) is 6.08. The standard InChI is InChI=1S/C27H36N6O2/c1-31(2)27(22-11-4-3-5-12-22)15-14-26(20-33(27)17-21-9-8-10-21)19-32(25(35)30-26)18-24(34)29-23-13-6-7-16-28-23/h3-7,11-13,16,21H,8-10,14-15,17-20H2,1-2H3,(H,30,35)(H,28,29,34)/t26-,27-/m1/s1. The molecule has 186 valence electrons. The Morgan fingerprint density at radius 1 is 1.11 bits per heavy atom. The molecular formula is C27H36N6O2. The van der Waals surface area contributed by atoms with Crippen LogP contribution in [0.1, 0.15) is 37.7 Å². The van der Waals surface area contributed by atoms with Crippen molar-refractivity contribution in [2.45, 2.75) is 43.3 Å². The van der Waals surface area contributed by atoms with Crippen LogP contribution in [0.5, 0.6) is 0 Å². The molecule has 2 atom stereocenters. The molecule has 0 bridgehead atoms. The van der Waals surface area contributed by atoms with Gasteiger partial charge in [-0.2, -0.15) is 0 Å². The van der Waals surface area contributed by atoms with Gasteiger partial charge in [-0.15, -0.1) is 0 Å². The molecule has 1 aliphatic carbocycles. The van der Waals surface area contributed by atoms with E-state index in [1.165, 1.54) is 24.8 Å². The van der Waals surface area contributed by atoms with E-state index in [-0.39, 0.29) is 29.7 Å². The van der Waals surface area contributed by atoms with Crippen molar-refractivity contribution < 1.29 is 9.59 Å². The zero-order valence-electron chi connectivity index (χ0n) is 20.7. The lowest BCUT2D eigenvalue weighted by atomic mass is 9.76. The van der Waals surface area contributed by atoms with Crippen molar-refractivity contribution in [2.75, 3.05) is 45.6 Å². The van der Waals surface area contributed by atoms with Gasteiger partial charge in [-0.1, -0.05) is 42.8 Å². The van der Waals surface area contributed by atoms with Crippen molar-refractivity contribution in [2.24, 2.45) is 5.92 Å². The lowest BCUT2D eigenvalue weighted by Crippen LogP contribution is -2.67. The predicted octanol–water partition coefficient (Wildman–Crippen LogP) is 3.09. The second-order valence-electron chi connectivity index (χ2n) is 10.6. The third kappa shape index (κ3) is 4.65. The second kappa shape index (κ2) is 9.59. The molecule has 3 amide bonds. The number of urea groups is 1. The summed E-state index contributed by atoms with van der Waals surface area (Å²) in [6, 6.07) is 16.0. The molecule has 8 heteroatoms. The summed E-state index contributed by atoms with van der Waals surface area (Å²) >= 11 is 0. The van der Waals surface area contributed by atoms with Gasteiger partial charge in [0.1, 0.15) is 12.4 Å². The van der Waals surface area contributed by atoms with Gasteiger partial charge in [-0.05, 0) is 63.4 Å². The first-order chi connectivity index (χ1) is 16.9. The number of amides is 3. The van der Waals surface area contributed by atoms with Crippen molar-refractivity contribution in [3.05, 3.63) is 60.3 Å². The molecule has 3 fully saturated rings. The maximum Gasteiger partial charge on any atom is 0.318 e. The van der Waals surface area contributed by atoms with Crippen molar-refractivity contribution >= 4 is 17.8 Å². The quantitative estimate of drug-likeness (QED) is 0.642. The third-order valence-electron chi connectivity index (χ3n) is 8.07. The number of likely N-dealkylation sites (tertiary alicyclic amines) is 1. The molecule has 1 aromatic carbocycles. The zero-order valence-corrected chi connectivity index (χ0v) is 20.7. The van der Waals surface area contributed by atoms with E-state index in [1.807, 2.05) is 6.07 Å². The minimum atomic E-state index is -0.361. The molecule has 1 aromatic heterocycles. The molecule has 3 heterocycles. The minimum Gasteiger partial charge on any atom is -0.329 e. The fourth-order valence-corrected chi connectivity index (χ4v) is 6.08. The van der Waals surface area contributed by atoms with E-state index in [0.29, 0.717) is 18.3 Å².